The van der Waals surface area contributed by atoms with Gasteiger partial charge in [-0.1, -0.05) is 0 Å². The number of aryl methyl sites for hydroxylation is 1. The quantitative estimate of drug-likeness (QED) is 0.524. The number of fused-ring (bicyclic) bond motifs is 2. The van der Waals surface area contributed by atoms with Gasteiger partial charge in [-0.3, -0.25) is 0 Å². The number of aromatic nitrogens is 2. The minimum atomic E-state index is 0.738. The topological polar surface area (TPSA) is 52.1 Å². The Kier molecular flexibility index (Phi) is 1.07. The van der Waals surface area contributed by atoms with E-state index in [0.717, 1.165) is 27.8 Å². The molecule has 0 aliphatic carbocycles. The SMILES string of the molecule is Cc1c2ncoc2cc2ocnc12. The van der Waals surface area contributed by atoms with E-state index in [-0.39, 0.29) is 0 Å². The van der Waals surface area contributed by atoms with E-state index >= 15 is 0 Å². The van der Waals surface area contributed by atoms with Crippen LogP contribution in [0.1, 0.15) is 5.56 Å². The molecule has 0 fully saturated rings. The maximum absolute atomic E-state index is 5.18. The minimum Gasteiger partial charge on any atom is -0.443 e. The lowest BCUT2D eigenvalue weighted by Gasteiger charge is -1.92. The van der Waals surface area contributed by atoms with E-state index < -0.39 is 0 Å². The second-order valence-electron chi connectivity index (χ2n) is 2.90. The van der Waals surface area contributed by atoms with Crippen LogP contribution in [0.2, 0.25) is 0 Å². The molecule has 0 unspecified atom stereocenters. The van der Waals surface area contributed by atoms with Gasteiger partial charge in [0.1, 0.15) is 11.0 Å². The van der Waals surface area contributed by atoms with Gasteiger partial charge in [0.2, 0.25) is 0 Å². The summed E-state index contributed by atoms with van der Waals surface area (Å²) in [5, 5.41) is 0. The Balaban J connectivity index is 2.67. The fraction of sp³-hybridized carbons (Fsp3) is 0.111. The average Bonchev–Trinajstić information content (AvgIpc) is 2.71. The van der Waals surface area contributed by atoms with Crippen molar-refractivity contribution in [3.05, 3.63) is 24.4 Å². The highest BCUT2D eigenvalue weighted by atomic mass is 16.3. The van der Waals surface area contributed by atoms with Crippen molar-refractivity contribution in [2.45, 2.75) is 6.92 Å². The summed E-state index contributed by atoms with van der Waals surface area (Å²) in [7, 11) is 0. The van der Waals surface area contributed by atoms with E-state index in [9.17, 15) is 0 Å². The molecule has 0 aliphatic heterocycles. The van der Waals surface area contributed by atoms with Crippen molar-refractivity contribution in [1.82, 2.24) is 9.97 Å². The molecule has 0 saturated heterocycles. The maximum Gasteiger partial charge on any atom is 0.181 e. The first kappa shape index (κ1) is 6.65. The first-order valence-electron chi connectivity index (χ1n) is 3.92. The lowest BCUT2D eigenvalue weighted by molar-refractivity contribution is 0.591. The highest BCUT2D eigenvalue weighted by Crippen LogP contribution is 2.25. The van der Waals surface area contributed by atoms with Crippen LogP contribution in [-0.4, -0.2) is 9.97 Å². The van der Waals surface area contributed by atoms with Gasteiger partial charge in [0.15, 0.2) is 24.0 Å². The zero-order chi connectivity index (χ0) is 8.84. The molecule has 2 heterocycles. The highest BCUT2D eigenvalue weighted by Gasteiger charge is 2.09. The van der Waals surface area contributed by atoms with E-state index in [4.69, 9.17) is 8.83 Å². The van der Waals surface area contributed by atoms with Crippen molar-refractivity contribution < 1.29 is 8.83 Å². The van der Waals surface area contributed by atoms with Crippen LogP contribution in [0.5, 0.6) is 0 Å². The van der Waals surface area contributed by atoms with Gasteiger partial charge in [-0.15, -0.1) is 0 Å². The molecule has 0 N–H and O–H groups in total. The predicted molar refractivity (Wildman–Crippen MR) is 46.3 cm³/mol. The molecule has 0 aliphatic rings. The summed E-state index contributed by atoms with van der Waals surface area (Å²) in [4.78, 5) is 8.20. The molecule has 3 rings (SSSR count). The van der Waals surface area contributed by atoms with Crippen LogP contribution in [-0.2, 0) is 0 Å². The number of nitrogens with zero attached hydrogens (tertiary/aromatic N) is 2. The molecule has 0 saturated carbocycles. The summed E-state index contributed by atoms with van der Waals surface area (Å²) in [5.74, 6) is 0. The second kappa shape index (κ2) is 2.10. The molecule has 1 aromatic carbocycles. The third-order valence-corrected chi connectivity index (χ3v) is 2.16. The number of benzene rings is 1. The van der Waals surface area contributed by atoms with Crippen LogP contribution in [0.3, 0.4) is 0 Å². The van der Waals surface area contributed by atoms with Crippen molar-refractivity contribution in [2.24, 2.45) is 0 Å². The Labute approximate surface area is 73.2 Å². The van der Waals surface area contributed by atoms with Gasteiger partial charge in [-0.2, -0.15) is 0 Å². The summed E-state index contributed by atoms with van der Waals surface area (Å²) in [6.07, 6.45) is 2.85. The van der Waals surface area contributed by atoms with Gasteiger partial charge >= 0.3 is 0 Å². The average molecular weight is 174 g/mol. The van der Waals surface area contributed by atoms with Gasteiger partial charge < -0.3 is 8.83 Å². The Morgan fingerprint density at radius 3 is 2.08 bits per heavy atom. The Hall–Kier alpha value is -1.84. The van der Waals surface area contributed by atoms with Crippen LogP contribution < -0.4 is 0 Å². The monoisotopic (exact) mass is 174 g/mol. The molecule has 0 amide bonds. The molecule has 0 bridgehead atoms. The van der Waals surface area contributed by atoms with Gasteiger partial charge in [-0.05, 0) is 6.92 Å². The molecule has 13 heavy (non-hydrogen) atoms. The molecule has 0 radical (unpaired) electrons. The largest absolute Gasteiger partial charge is 0.443 e. The predicted octanol–water partition coefficient (Wildman–Crippen LogP) is 2.28. The smallest absolute Gasteiger partial charge is 0.181 e. The highest BCUT2D eigenvalue weighted by molar-refractivity contribution is 5.93. The van der Waals surface area contributed by atoms with E-state index in [1.807, 2.05) is 6.92 Å². The zero-order valence-corrected chi connectivity index (χ0v) is 6.94. The molecule has 2 aromatic heterocycles. The van der Waals surface area contributed by atoms with Gasteiger partial charge in [-0.25, -0.2) is 9.97 Å². The maximum atomic E-state index is 5.18. The lowest BCUT2D eigenvalue weighted by Crippen LogP contribution is -1.79. The third kappa shape index (κ3) is 0.744. The number of hydrogen-bond acceptors (Lipinski definition) is 4. The van der Waals surface area contributed by atoms with Gasteiger partial charge in [0.05, 0.1) is 0 Å². The number of rotatable bonds is 0. The molecular formula is C9H6N2O2. The van der Waals surface area contributed by atoms with Crippen LogP contribution >= 0.6 is 0 Å². The van der Waals surface area contributed by atoms with Crippen molar-refractivity contribution in [3.63, 3.8) is 0 Å². The third-order valence-electron chi connectivity index (χ3n) is 2.16. The summed E-state index contributed by atoms with van der Waals surface area (Å²) >= 11 is 0. The summed E-state index contributed by atoms with van der Waals surface area (Å²) in [5.41, 5.74) is 4.17. The van der Waals surface area contributed by atoms with Crippen LogP contribution in [0.4, 0.5) is 0 Å². The van der Waals surface area contributed by atoms with E-state index in [2.05, 4.69) is 9.97 Å². The first-order valence-corrected chi connectivity index (χ1v) is 3.92. The minimum absolute atomic E-state index is 0.738. The second-order valence-corrected chi connectivity index (χ2v) is 2.90. The fourth-order valence-corrected chi connectivity index (χ4v) is 1.51. The summed E-state index contributed by atoms with van der Waals surface area (Å²) in [6.45, 7) is 1.95. The zero-order valence-electron chi connectivity index (χ0n) is 6.94. The normalized spacial score (nSPS) is 11.5. The van der Waals surface area contributed by atoms with E-state index in [1.54, 1.807) is 6.07 Å². The Bertz CT molecular complexity index is 531. The summed E-state index contributed by atoms with van der Waals surface area (Å²) < 4.78 is 10.4. The Morgan fingerprint density at radius 2 is 1.54 bits per heavy atom. The Morgan fingerprint density at radius 1 is 1.00 bits per heavy atom. The number of hydrogen-bond donors (Lipinski definition) is 0. The van der Waals surface area contributed by atoms with Crippen LogP contribution in [0, 0.1) is 6.92 Å². The van der Waals surface area contributed by atoms with Crippen LogP contribution in [0.15, 0.2) is 27.7 Å². The van der Waals surface area contributed by atoms with Crippen LogP contribution in [0.25, 0.3) is 22.2 Å². The molecule has 3 aromatic rings. The molecule has 64 valence electrons. The molecule has 4 nitrogen and oxygen atoms in total. The van der Waals surface area contributed by atoms with Crippen molar-refractivity contribution in [1.29, 1.82) is 0 Å². The first-order chi connectivity index (χ1) is 6.36. The van der Waals surface area contributed by atoms with E-state index in [1.165, 1.54) is 12.8 Å². The standard InChI is InChI=1S/C9H6N2O2/c1-5-8-6(12-3-10-8)2-7-9(5)11-4-13-7/h2-4H,1H3. The van der Waals surface area contributed by atoms with Crippen molar-refractivity contribution in [2.75, 3.05) is 0 Å². The van der Waals surface area contributed by atoms with E-state index in [0.29, 0.717) is 0 Å². The van der Waals surface area contributed by atoms with Gasteiger partial charge in [0.25, 0.3) is 0 Å². The van der Waals surface area contributed by atoms with Gasteiger partial charge in [0, 0.05) is 11.6 Å². The lowest BCUT2D eigenvalue weighted by atomic mass is 10.2. The summed E-state index contributed by atoms with van der Waals surface area (Å²) in [6, 6.07) is 1.80. The van der Waals surface area contributed by atoms with Crippen molar-refractivity contribution >= 4 is 22.2 Å². The molecule has 0 spiro atoms. The molecule has 0 atom stereocenters. The number of oxazole rings is 2. The fourth-order valence-electron chi connectivity index (χ4n) is 1.51. The van der Waals surface area contributed by atoms with Crippen molar-refractivity contribution in [3.8, 4) is 0 Å². The molecular weight excluding hydrogens is 168 g/mol. The molecule has 4 heteroatoms.